The molecule has 1 aromatic rings. The maximum absolute atomic E-state index is 15.7. The van der Waals surface area contributed by atoms with Gasteiger partial charge in [-0.3, -0.25) is 0 Å². The summed E-state index contributed by atoms with van der Waals surface area (Å²) in [6.45, 7) is 0.612. The summed E-state index contributed by atoms with van der Waals surface area (Å²) >= 11 is 0. The summed E-state index contributed by atoms with van der Waals surface area (Å²) in [5.74, 6) is -28.7. The molecule has 1 saturated carbocycles. The summed E-state index contributed by atoms with van der Waals surface area (Å²) in [5, 5.41) is 47.9. The highest BCUT2D eigenvalue weighted by atomic mass is 19.4. The lowest BCUT2D eigenvalue weighted by Crippen LogP contribution is -2.27. The first-order valence-corrected chi connectivity index (χ1v) is 14.2. The third-order valence-electron chi connectivity index (χ3n) is 8.38. The molecule has 0 aliphatic heterocycles. The van der Waals surface area contributed by atoms with Gasteiger partial charge in [0.2, 0.25) is 0 Å². The molecule has 5 nitrogen and oxygen atoms in total. The molecule has 0 heterocycles. The molecule has 284 valence electrons. The van der Waals surface area contributed by atoms with Crippen LogP contribution in [0.5, 0.6) is 0 Å². The number of nitriles is 5. The fourth-order valence-electron chi connectivity index (χ4n) is 5.81. The van der Waals surface area contributed by atoms with E-state index in [1.165, 1.54) is 0 Å². The van der Waals surface area contributed by atoms with Crippen LogP contribution in [-0.4, -0.2) is 18.5 Å². The highest BCUT2D eigenvalue weighted by Crippen LogP contribution is 2.59. The summed E-state index contributed by atoms with van der Waals surface area (Å²) in [7, 11) is 0. The molecule has 0 spiro atoms. The van der Waals surface area contributed by atoms with Crippen molar-refractivity contribution in [2.24, 2.45) is 11.8 Å². The molecule has 1 fully saturated rings. The number of halogens is 17. The molecular weight excluding hydrogens is 789 g/mol. The first-order chi connectivity index (χ1) is 25.4. The van der Waals surface area contributed by atoms with Crippen molar-refractivity contribution >= 4 is 5.57 Å². The lowest BCUT2D eigenvalue weighted by Gasteiger charge is -2.22. The molecule has 3 aliphatic carbocycles. The van der Waals surface area contributed by atoms with Crippen molar-refractivity contribution in [3.05, 3.63) is 108 Å². The minimum atomic E-state index is -6.55. The van der Waals surface area contributed by atoms with E-state index in [0.717, 1.165) is 18.2 Å². The Balaban J connectivity index is 2.38. The van der Waals surface area contributed by atoms with Gasteiger partial charge in [0.05, 0.1) is 40.3 Å². The molecular formula is C33H8F17N5. The highest BCUT2D eigenvalue weighted by molar-refractivity contribution is 6.01. The Labute approximate surface area is 294 Å². The fourth-order valence-corrected chi connectivity index (χ4v) is 5.81. The topological polar surface area (TPSA) is 119 Å². The van der Waals surface area contributed by atoms with E-state index in [9.17, 15) is 60.6 Å². The van der Waals surface area contributed by atoms with E-state index in [1.54, 1.807) is 0 Å². The maximum atomic E-state index is 15.7. The Kier molecular flexibility index (Phi) is 10.6. The molecule has 22 heteroatoms. The second kappa shape index (κ2) is 14.1. The second-order valence-corrected chi connectivity index (χ2v) is 11.3. The Hall–Kier alpha value is -6.34. The van der Waals surface area contributed by atoms with Gasteiger partial charge in [0.25, 0.3) is 0 Å². The molecule has 0 N–H and O–H groups in total. The zero-order valence-corrected chi connectivity index (χ0v) is 26.0. The number of benzene rings is 1. The van der Waals surface area contributed by atoms with E-state index in [1.807, 2.05) is 0 Å². The van der Waals surface area contributed by atoms with Gasteiger partial charge in [0, 0.05) is 33.8 Å². The SMILES string of the molecule is C[C@H]1C(C#N)=C(F)C(F)=C(/C(C#N)=C2/C(=C(\C#N)c3c(F)c(F)c(C(F)(F)F)c(F)c3C(F)(F)F)/C2=C(\C#N)C2C(F)=C(F)C(C#N)=C(F)C2F)C(F)C1F. The van der Waals surface area contributed by atoms with Gasteiger partial charge in [0.15, 0.2) is 53.1 Å². The second-order valence-electron chi connectivity index (χ2n) is 11.3. The van der Waals surface area contributed by atoms with E-state index in [0.29, 0.717) is 19.1 Å². The van der Waals surface area contributed by atoms with Crippen molar-refractivity contribution in [3.63, 3.8) is 0 Å². The molecule has 0 amide bonds. The lowest BCUT2D eigenvalue weighted by atomic mass is 9.85. The normalized spacial score (nSPS) is 26.1. The first-order valence-electron chi connectivity index (χ1n) is 14.2. The zero-order valence-electron chi connectivity index (χ0n) is 26.0. The molecule has 3 aliphatic rings. The Morgan fingerprint density at radius 2 is 1.09 bits per heavy atom. The molecule has 4 rings (SSSR count). The van der Waals surface area contributed by atoms with Crippen molar-refractivity contribution in [2.45, 2.75) is 37.8 Å². The largest absolute Gasteiger partial charge is 0.422 e. The maximum Gasteiger partial charge on any atom is 0.422 e. The van der Waals surface area contributed by atoms with Crippen LogP contribution >= 0.6 is 0 Å². The van der Waals surface area contributed by atoms with E-state index in [-0.39, 0.29) is 0 Å². The summed E-state index contributed by atoms with van der Waals surface area (Å²) in [4.78, 5) is 0. The molecule has 0 aromatic heterocycles. The average Bonchev–Trinajstić information content (AvgIpc) is 3.82. The van der Waals surface area contributed by atoms with Crippen molar-refractivity contribution in [3.8, 4) is 30.3 Å². The first kappa shape index (κ1) is 41.4. The summed E-state index contributed by atoms with van der Waals surface area (Å²) in [6, 6.07) is 4.05. The number of nitrogens with zero attached hydrogens (tertiary/aromatic N) is 5. The number of alkyl halides is 9. The molecule has 1 aromatic carbocycles. The summed E-state index contributed by atoms with van der Waals surface area (Å²) < 4.78 is 250. The third-order valence-corrected chi connectivity index (χ3v) is 8.38. The quantitative estimate of drug-likeness (QED) is 0.171. The van der Waals surface area contributed by atoms with Gasteiger partial charge in [-0.2, -0.15) is 52.7 Å². The molecule has 0 saturated heterocycles. The van der Waals surface area contributed by atoms with Crippen LogP contribution in [0.25, 0.3) is 5.57 Å². The van der Waals surface area contributed by atoms with E-state index in [4.69, 9.17) is 5.26 Å². The van der Waals surface area contributed by atoms with Crippen LogP contribution in [0.2, 0.25) is 0 Å². The van der Waals surface area contributed by atoms with Crippen LogP contribution < -0.4 is 0 Å². The number of rotatable bonds is 3. The van der Waals surface area contributed by atoms with Gasteiger partial charge in [-0.05, 0) is 0 Å². The van der Waals surface area contributed by atoms with Gasteiger partial charge in [-0.25, -0.2) is 48.3 Å². The van der Waals surface area contributed by atoms with Crippen molar-refractivity contribution in [1.82, 2.24) is 0 Å². The van der Waals surface area contributed by atoms with Gasteiger partial charge in [0.1, 0.15) is 46.9 Å². The average molecular weight is 797 g/mol. The third kappa shape index (κ3) is 6.29. The van der Waals surface area contributed by atoms with Gasteiger partial charge in [-0.1, -0.05) is 6.92 Å². The standard InChI is InChI=1S/C33H8F17N5/c1-7-8(2-51)22(35)27(40)17(26(39)21(7)34)10(4-53)14-13(15(14)11(5-54)18-28(41)23(36)12(6-55)24(37)29(18)42)9(3-52)16-19(32(45,46)47)30(43)20(33(48,49)50)31(44)25(16)38/h7,18,21,26,28H,1H3/b13-9-,14-10-,15-11-/t7-,18?,21?,26?,28?/m0/s1. The minimum absolute atomic E-state index is 0.612. The van der Waals surface area contributed by atoms with Crippen LogP contribution in [0.3, 0.4) is 0 Å². The molecule has 0 bridgehead atoms. The van der Waals surface area contributed by atoms with Gasteiger partial charge in [-0.15, -0.1) is 0 Å². The molecule has 4 unspecified atom stereocenters. The summed E-state index contributed by atoms with van der Waals surface area (Å²) in [6.07, 6.45) is -23.5. The Morgan fingerprint density at radius 3 is 1.55 bits per heavy atom. The Bertz CT molecular complexity index is 2400. The monoisotopic (exact) mass is 797 g/mol. The smallest absolute Gasteiger partial charge is 0.243 e. The van der Waals surface area contributed by atoms with Crippen molar-refractivity contribution in [2.75, 3.05) is 0 Å². The van der Waals surface area contributed by atoms with Crippen molar-refractivity contribution in [1.29, 1.82) is 26.3 Å². The predicted octanol–water partition coefficient (Wildman–Crippen LogP) is 10.2. The van der Waals surface area contributed by atoms with E-state index in [2.05, 4.69) is 0 Å². The van der Waals surface area contributed by atoms with Crippen LogP contribution in [0.15, 0.2) is 73.7 Å². The molecule has 5 atom stereocenters. The van der Waals surface area contributed by atoms with Crippen LogP contribution in [0, 0.1) is 85.9 Å². The number of allylic oxidation sites excluding steroid dienone is 14. The number of hydrogen-bond donors (Lipinski definition) is 0. The fraction of sp³-hybridized carbons (Fsp3) is 0.242. The predicted molar refractivity (Wildman–Crippen MR) is 146 cm³/mol. The van der Waals surface area contributed by atoms with E-state index >= 15 is 35.1 Å². The molecule has 55 heavy (non-hydrogen) atoms. The van der Waals surface area contributed by atoms with E-state index < -0.39 is 156 Å². The lowest BCUT2D eigenvalue weighted by molar-refractivity contribution is -0.150. The Morgan fingerprint density at radius 1 is 0.564 bits per heavy atom. The molecule has 0 radical (unpaired) electrons. The van der Waals surface area contributed by atoms with Gasteiger partial charge >= 0.3 is 12.4 Å². The summed E-state index contributed by atoms with van der Waals surface area (Å²) in [5.41, 5.74) is -26.9. The van der Waals surface area contributed by atoms with Crippen molar-refractivity contribution < 1.29 is 74.6 Å². The van der Waals surface area contributed by atoms with Gasteiger partial charge < -0.3 is 0 Å². The van der Waals surface area contributed by atoms with Crippen LogP contribution in [-0.2, 0) is 12.4 Å². The van der Waals surface area contributed by atoms with Crippen LogP contribution in [0.1, 0.15) is 23.6 Å². The minimum Gasteiger partial charge on any atom is -0.243 e. The zero-order chi connectivity index (χ0) is 42.0. The number of hydrogen-bond acceptors (Lipinski definition) is 5. The highest BCUT2D eigenvalue weighted by Gasteiger charge is 2.54. The van der Waals surface area contributed by atoms with Crippen LogP contribution in [0.4, 0.5) is 74.6 Å².